The number of aromatic amines is 1. The van der Waals surface area contributed by atoms with E-state index in [1.807, 2.05) is 30.3 Å². The molecule has 0 aliphatic carbocycles. The summed E-state index contributed by atoms with van der Waals surface area (Å²) >= 11 is 12.1. The summed E-state index contributed by atoms with van der Waals surface area (Å²) in [4.78, 5) is 21.9. The highest BCUT2D eigenvalue weighted by molar-refractivity contribution is 6.31. The molecular weight excluding hydrogens is 385 g/mol. The van der Waals surface area contributed by atoms with Crippen molar-refractivity contribution in [3.8, 4) is 0 Å². The molecule has 27 heavy (non-hydrogen) atoms. The van der Waals surface area contributed by atoms with E-state index in [1.165, 1.54) is 16.6 Å². The van der Waals surface area contributed by atoms with Crippen LogP contribution in [0.1, 0.15) is 11.3 Å². The van der Waals surface area contributed by atoms with Gasteiger partial charge in [0.25, 0.3) is 0 Å². The highest BCUT2D eigenvalue weighted by atomic mass is 35.5. The number of H-pyrrole nitrogens is 1. The minimum Gasteiger partial charge on any atom is -0.357 e. The van der Waals surface area contributed by atoms with Crippen LogP contribution < -0.4 is 5.06 Å². The first kappa shape index (κ1) is 18.2. The normalized spacial score (nSPS) is 14.1. The third-order valence-corrected chi connectivity index (χ3v) is 5.41. The number of hydroxylamine groups is 1. The molecule has 0 amide bonds. The predicted octanol–water partition coefficient (Wildman–Crippen LogP) is 4.43. The lowest BCUT2D eigenvalue weighted by atomic mass is 10.0. The fourth-order valence-corrected chi connectivity index (χ4v) is 3.89. The molecule has 0 bridgehead atoms. The van der Waals surface area contributed by atoms with Crippen molar-refractivity contribution in [3.05, 3.63) is 63.8 Å². The van der Waals surface area contributed by atoms with Gasteiger partial charge in [0.15, 0.2) is 0 Å². The molecule has 4 rings (SSSR count). The summed E-state index contributed by atoms with van der Waals surface area (Å²) in [6.07, 6.45) is 0.963. The Morgan fingerprint density at radius 2 is 1.93 bits per heavy atom. The van der Waals surface area contributed by atoms with Crippen molar-refractivity contribution in [3.63, 3.8) is 0 Å². The van der Waals surface area contributed by atoms with Crippen LogP contribution in [0.15, 0.2) is 42.5 Å². The van der Waals surface area contributed by atoms with Crippen molar-refractivity contribution in [2.75, 3.05) is 24.7 Å². The summed E-state index contributed by atoms with van der Waals surface area (Å²) in [6, 6.07) is 13.2. The zero-order chi connectivity index (χ0) is 18.8. The summed E-state index contributed by atoms with van der Waals surface area (Å²) in [7, 11) is 0. The maximum absolute atomic E-state index is 10.9. The monoisotopic (exact) mass is 403 g/mol. The molecule has 0 saturated heterocycles. The molecule has 7 heteroatoms. The zero-order valence-corrected chi connectivity index (χ0v) is 16.1. The highest BCUT2D eigenvalue weighted by Crippen LogP contribution is 2.29. The molecule has 1 aliphatic rings. The number of anilines is 1. The summed E-state index contributed by atoms with van der Waals surface area (Å²) in [5.41, 5.74) is 4.50. The second-order valence-corrected chi connectivity index (χ2v) is 7.45. The standard InChI is InChI=1S/C20H19Cl2N3O2/c21-14-1-4-16(5-2-14)25(27-13-26)10-9-24-8-7-17-18-11-15(22)3-6-19(18)23-20(17)12-24/h1-6,11,13,23H,7-10,12H2. The van der Waals surface area contributed by atoms with E-state index in [9.17, 15) is 4.79 Å². The number of aromatic nitrogens is 1. The number of hydrogen-bond acceptors (Lipinski definition) is 4. The molecule has 0 atom stereocenters. The Bertz CT molecular complexity index is 956. The first-order valence-corrected chi connectivity index (χ1v) is 9.54. The van der Waals surface area contributed by atoms with E-state index >= 15 is 0 Å². The van der Waals surface area contributed by atoms with Crippen molar-refractivity contribution in [1.29, 1.82) is 0 Å². The number of halogens is 2. The third kappa shape index (κ3) is 3.90. The van der Waals surface area contributed by atoms with E-state index in [0.29, 0.717) is 18.0 Å². The van der Waals surface area contributed by atoms with Crippen molar-refractivity contribution in [2.45, 2.75) is 13.0 Å². The number of nitrogens with zero attached hydrogens (tertiary/aromatic N) is 2. The number of fused-ring (bicyclic) bond motifs is 3. The topological polar surface area (TPSA) is 48.6 Å². The van der Waals surface area contributed by atoms with Crippen LogP contribution >= 0.6 is 23.2 Å². The van der Waals surface area contributed by atoms with Gasteiger partial charge in [-0.15, -0.1) is 0 Å². The van der Waals surface area contributed by atoms with Crippen LogP contribution in [0.2, 0.25) is 10.0 Å². The molecule has 0 saturated carbocycles. The molecule has 0 fully saturated rings. The van der Waals surface area contributed by atoms with E-state index in [0.717, 1.165) is 42.3 Å². The van der Waals surface area contributed by atoms with Crippen LogP contribution in [0, 0.1) is 0 Å². The fourth-order valence-electron chi connectivity index (χ4n) is 3.59. The molecule has 0 unspecified atom stereocenters. The SMILES string of the molecule is O=CON(CCN1CCc2c([nH]c3ccc(Cl)cc23)C1)c1ccc(Cl)cc1. The van der Waals surface area contributed by atoms with Gasteiger partial charge < -0.3 is 9.82 Å². The van der Waals surface area contributed by atoms with Crippen LogP contribution in [0.25, 0.3) is 10.9 Å². The Kier molecular flexibility index (Phi) is 5.25. The van der Waals surface area contributed by atoms with Gasteiger partial charge in [0.05, 0.1) is 12.2 Å². The molecule has 0 radical (unpaired) electrons. The number of hydrogen-bond donors (Lipinski definition) is 1. The molecular formula is C20H19Cl2N3O2. The van der Waals surface area contributed by atoms with Crippen molar-refractivity contribution in [2.24, 2.45) is 0 Å². The van der Waals surface area contributed by atoms with Gasteiger partial charge in [-0.25, -0.2) is 5.06 Å². The highest BCUT2D eigenvalue weighted by Gasteiger charge is 2.21. The summed E-state index contributed by atoms with van der Waals surface area (Å²) in [6.45, 7) is 3.57. The van der Waals surface area contributed by atoms with E-state index in [4.69, 9.17) is 28.0 Å². The van der Waals surface area contributed by atoms with Crippen LogP contribution in [-0.2, 0) is 22.6 Å². The second-order valence-electron chi connectivity index (χ2n) is 6.58. The molecule has 5 nitrogen and oxygen atoms in total. The average Bonchev–Trinajstić information content (AvgIpc) is 3.03. The Morgan fingerprint density at radius 3 is 2.70 bits per heavy atom. The van der Waals surface area contributed by atoms with Crippen LogP contribution in [0.4, 0.5) is 5.69 Å². The minimum absolute atomic E-state index is 0.449. The fraction of sp³-hybridized carbons (Fsp3) is 0.250. The zero-order valence-electron chi connectivity index (χ0n) is 14.6. The number of carbonyl (C=O) groups is 1. The van der Waals surface area contributed by atoms with Gasteiger partial charge in [-0.05, 0) is 54.4 Å². The Balaban J connectivity index is 1.45. The van der Waals surface area contributed by atoms with Gasteiger partial charge in [-0.2, -0.15) is 0 Å². The Morgan fingerprint density at radius 1 is 1.15 bits per heavy atom. The summed E-state index contributed by atoms with van der Waals surface area (Å²) in [5.74, 6) is 0. The van der Waals surface area contributed by atoms with Crippen molar-refractivity contribution in [1.82, 2.24) is 9.88 Å². The molecule has 1 N–H and O–H groups in total. The smallest absolute Gasteiger partial charge is 0.320 e. The predicted molar refractivity (Wildman–Crippen MR) is 108 cm³/mol. The van der Waals surface area contributed by atoms with Gasteiger partial charge in [0.1, 0.15) is 0 Å². The van der Waals surface area contributed by atoms with Crippen LogP contribution in [0.5, 0.6) is 0 Å². The maximum Gasteiger partial charge on any atom is 0.320 e. The maximum atomic E-state index is 10.9. The lowest BCUT2D eigenvalue weighted by Gasteiger charge is -2.29. The van der Waals surface area contributed by atoms with Gasteiger partial charge in [0, 0.05) is 46.3 Å². The molecule has 140 valence electrons. The average molecular weight is 404 g/mol. The van der Waals surface area contributed by atoms with Gasteiger partial charge in [0.2, 0.25) is 0 Å². The number of nitrogens with one attached hydrogen (secondary N) is 1. The molecule has 2 heterocycles. The van der Waals surface area contributed by atoms with E-state index in [-0.39, 0.29) is 0 Å². The molecule has 1 aromatic heterocycles. The van der Waals surface area contributed by atoms with E-state index < -0.39 is 0 Å². The van der Waals surface area contributed by atoms with Crippen LogP contribution in [-0.4, -0.2) is 36.0 Å². The minimum atomic E-state index is 0.449. The number of rotatable bonds is 6. The Hall–Kier alpha value is -2.21. The first-order valence-electron chi connectivity index (χ1n) is 8.79. The molecule has 2 aromatic carbocycles. The number of carbonyl (C=O) groups excluding carboxylic acids is 1. The molecule has 0 spiro atoms. The van der Waals surface area contributed by atoms with E-state index in [2.05, 4.69) is 9.88 Å². The lowest BCUT2D eigenvalue weighted by Crippen LogP contribution is -2.38. The molecule has 1 aliphatic heterocycles. The van der Waals surface area contributed by atoms with Crippen molar-refractivity contribution < 1.29 is 9.63 Å². The van der Waals surface area contributed by atoms with Gasteiger partial charge in [-0.1, -0.05) is 23.2 Å². The quantitative estimate of drug-likeness (QED) is 0.488. The third-order valence-electron chi connectivity index (χ3n) is 4.92. The second kappa shape index (κ2) is 7.80. The van der Waals surface area contributed by atoms with Crippen LogP contribution in [0.3, 0.4) is 0 Å². The summed E-state index contributed by atoms with van der Waals surface area (Å²) in [5, 5.41) is 4.21. The lowest BCUT2D eigenvalue weighted by molar-refractivity contribution is -0.130. The largest absolute Gasteiger partial charge is 0.357 e. The van der Waals surface area contributed by atoms with Crippen molar-refractivity contribution >= 4 is 46.3 Å². The van der Waals surface area contributed by atoms with Gasteiger partial charge >= 0.3 is 6.47 Å². The molecule has 3 aromatic rings. The first-order chi connectivity index (χ1) is 13.1. The van der Waals surface area contributed by atoms with Gasteiger partial charge in [-0.3, -0.25) is 9.69 Å². The summed E-state index contributed by atoms with van der Waals surface area (Å²) < 4.78 is 0. The Labute approximate surface area is 167 Å². The number of benzene rings is 2. The van der Waals surface area contributed by atoms with E-state index in [1.54, 1.807) is 17.2 Å².